The molecule has 72 valence electrons. The Morgan fingerprint density at radius 1 is 1.31 bits per heavy atom. The third-order valence-corrected chi connectivity index (χ3v) is 2.10. The van der Waals surface area contributed by atoms with Crippen LogP contribution in [0.3, 0.4) is 0 Å². The third-order valence-electron chi connectivity index (χ3n) is 1.29. The van der Waals surface area contributed by atoms with E-state index in [0.717, 1.165) is 22.2 Å². The van der Waals surface area contributed by atoms with Crippen molar-refractivity contribution >= 4 is 31.9 Å². The van der Waals surface area contributed by atoms with Gasteiger partial charge in [0, 0.05) is 12.7 Å². The maximum Gasteiger partial charge on any atom is 0.156 e. The van der Waals surface area contributed by atoms with Gasteiger partial charge in [0.1, 0.15) is 15.8 Å². The maximum atomic E-state index is 5.31. The van der Waals surface area contributed by atoms with E-state index in [0.29, 0.717) is 12.4 Å². The fourth-order valence-corrected chi connectivity index (χ4v) is 1.96. The second-order valence-corrected chi connectivity index (χ2v) is 4.11. The summed E-state index contributed by atoms with van der Waals surface area (Å²) in [5.41, 5.74) is 0. The Hall–Kier alpha value is -0.0000000000000000555. The summed E-state index contributed by atoms with van der Waals surface area (Å²) in [5, 5.41) is 0. The number of nitrogens with zero attached hydrogens (tertiary/aromatic N) is 2. The van der Waals surface area contributed by atoms with Crippen LogP contribution in [-0.2, 0) is 11.3 Å². The van der Waals surface area contributed by atoms with Crippen molar-refractivity contribution in [1.29, 1.82) is 0 Å². The summed E-state index contributed by atoms with van der Waals surface area (Å²) in [6.07, 6.45) is 1.01. The molecule has 0 atom stereocenters. The van der Waals surface area contributed by atoms with Crippen molar-refractivity contribution in [3.05, 3.63) is 21.1 Å². The van der Waals surface area contributed by atoms with Crippen molar-refractivity contribution in [3.63, 3.8) is 0 Å². The van der Waals surface area contributed by atoms with Gasteiger partial charge < -0.3 is 4.74 Å². The van der Waals surface area contributed by atoms with E-state index in [-0.39, 0.29) is 0 Å². The zero-order valence-electron chi connectivity index (χ0n) is 7.26. The van der Waals surface area contributed by atoms with Crippen LogP contribution in [0.5, 0.6) is 0 Å². The Balaban J connectivity index is 2.56. The molecule has 0 bridgehead atoms. The SMILES string of the molecule is CCCOCc1nc(Br)cc(Br)n1. The first-order valence-corrected chi connectivity index (χ1v) is 5.57. The molecule has 0 aromatic carbocycles. The van der Waals surface area contributed by atoms with E-state index in [2.05, 4.69) is 48.8 Å². The minimum Gasteiger partial charge on any atom is -0.373 e. The topological polar surface area (TPSA) is 35.0 Å². The van der Waals surface area contributed by atoms with Crippen LogP contribution in [-0.4, -0.2) is 16.6 Å². The van der Waals surface area contributed by atoms with Gasteiger partial charge in [-0.15, -0.1) is 0 Å². The summed E-state index contributed by atoms with van der Waals surface area (Å²) in [6, 6.07) is 1.79. The molecule has 1 aromatic heterocycles. The molecule has 0 N–H and O–H groups in total. The first-order valence-electron chi connectivity index (χ1n) is 3.99. The number of hydrogen-bond acceptors (Lipinski definition) is 3. The lowest BCUT2D eigenvalue weighted by Crippen LogP contribution is -2.00. The molecule has 0 amide bonds. The zero-order chi connectivity index (χ0) is 9.68. The predicted molar refractivity (Wildman–Crippen MR) is 57.4 cm³/mol. The van der Waals surface area contributed by atoms with Crippen molar-refractivity contribution in [2.24, 2.45) is 0 Å². The molecule has 13 heavy (non-hydrogen) atoms. The van der Waals surface area contributed by atoms with Gasteiger partial charge in [-0.2, -0.15) is 0 Å². The van der Waals surface area contributed by atoms with Gasteiger partial charge in [0.15, 0.2) is 5.82 Å². The average molecular weight is 310 g/mol. The summed E-state index contributed by atoms with van der Waals surface area (Å²) in [6.45, 7) is 3.27. The molecule has 0 fully saturated rings. The monoisotopic (exact) mass is 308 g/mol. The number of hydrogen-bond donors (Lipinski definition) is 0. The number of aromatic nitrogens is 2. The van der Waals surface area contributed by atoms with Gasteiger partial charge in [-0.05, 0) is 38.3 Å². The zero-order valence-corrected chi connectivity index (χ0v) is 10.4. The predicted octanol–water partition coefficient (Wildman–Crippen LogP) is 2.93. The average Bonchev–Trinajstić information content (AvgIpc) is 2.03. The van der Waals surface area contributed by atoms with Crippen LogP contribution in [0, 0.1) is 0 Å². The molecule has 1 rings (SSSR count). The molecule has 0 radical (unpaired) electrons. The lowest BCUT2D eigenvalue weighted by Gasteiger charge is -2.02. The number of rotatable bonds is 4. The van der Waals surface area contributed by atoms with Crippen LogP contribution in [0.1, 0.15) is 19.2 Å². The second kappa shape index (κ2) is 5.67. The molecule has 0 saturated heterocycles. The van der Waals surface area contributed by atoms with E-state index >= 15 is 0 Å². The summed E-state index contributed by atoms with van der Waals surface area (Å²) in [7, 11) is 0. The van der Waals surface area contributed by atoms with Crippen LogP contribution < -0.4 is 0 Å². The van der Waals surface area contributed by atoms with Crippen LogP contribution in [0.2, 0.25) is 0 Å². The standard InChI is InChI=1S/C8H10Br2N2O/c1-2-3-13-5-8-11-6(9)4-7(10)12-8/h4H,2-3,5H2,1H3. The van der Waals surface area contributed by atoms with E-state index in [1.54, 1.807) is 6.07 Å². The highest BCUT2D eigenvalue weighted by atomic mass is 79.9. The van der Waals surface area contributed by atoms with E-state index in [1.165, 1.54) is 0 Å². The van der Waals surface area contributed by atoms with Crippen molar-refractivity contribution in [3.8, 4) is 0 Å². The molecule has 3 nitrogen and oxygen atoms in total. The molecular weight excluding hydrogens is 300 g/mol. The van der Waals surface area contributed by atoms with E-state index in [9.17, 15) is 0 Å². The van der Waals surface area contributed by atoms with Gasteiger partial charge in [-0.3, -0.25) is 0 Å². The molecule has 0 aliphatic carbocycles. The fraction of sp³-hybridized carbons (Fsp3) is 0.500. The molecule has 0 spiro atoms. The fourth-order valence-electron chi connectivity index (χ4n) is 0.807. The first-order chi connectivity index (χ1) is 6.22. The van der Waals surface area contributed by atoms with Gasteiger partial charge in [0.2, 0.25) is 0 Å². The molecule has 1 heterocycles. The molecular formula is C8H10Br2N2O. The highest BCUT2D eigenvalue weighted by Crippen LogP contribution is 2.13. The lowest BCUT2D eigenvalue weighted by atomic mass is 10.5. The van der Waals surface area contributed by atoms with Crippen LogP contribution in [0.15, 0.2) is 15.3 Å². The Morgan fingerprint density at radius 2 is 1.92 bits per heavy atom. The van der Waals surface area contributed by atoms with E-state index in [1.807, 2.05) is 0 Å². The van der Waals surface area contributed by atoms with E-state index in [4.69, 9.17) is 4.74 Å². The normalized spacial score (nSPS) is 10.4. The Bertz CT molecular complexity index is 261. The molecule has 1 aromatic rings. The number of ether oxygens (including phenoxy) is 1. The van der Waals surface area contributed by atoms with Crippen molar-refractivity contribution in [1.82, 2.24) is 9.97 Å². The van der Waals surface area contributed by atoms with Gasteiger partial charge in [-0.25, -0.2) is 9.97 Å². The smallest absolute Gasteiger partial charge is 0.156 e. The highest BCUT2D eigenvalue weighted by molar-refractivity contribution is 9.11. The largest absolute Gasteiger partial charge is 0.373 e. The van der Waals surface area contributed by atoms with Crippen LogP contribution >= 0.6 is 31.9 Å². The second-order valence-electron chi connectivity index (χ2n) is 2.48. The quantitative estimate of drug-likeness (QED) is 0.633. The minimum absolute atomic E-state index is 0.464. The molecule has 0 unspecified atom stereocenters. The molecule has 0 aliphatic rings. The Morgan fingerprint density at radius 3 is 2.46 bits per heavy atom. The molecule has 5 heteroatoms. The van der Waals surface area contributed by atoms with Crippen molar-refractivity contribution in [2.45, 2.75) is 20.0 Å². The van der Waals surface area contributed by atoms with Crippen LogP contribution in [0.4, 0.5) is 0 Å². The number of halogens is 2. The Labute approximate surface area is 94.2 Å². The van der Waals surface area contributed by atoms with Gasteiger partial charge >= 0.3 is 0 Å². The van der Waals surface area contributed by atoms with Crippen LogP contribution in [0.25, 0.3) is 0 Å². The lowest BCUT2D eigenvalue weighted by molar-refractivity contribution is 0.116. The summed E-state index contributed by atoms with van der Waals surface area (Å²) >= 11 is 6.57. The molecule has 0 aliphatic heterocycles. The Kier molecular flexibility index (Phi) is 4.83. The summed E-state index contributed by atoms with van der Waals surface area (Å²) in [5.74, 6) is 0.690. The van der Waals surface area contributed by atoms with E-state index < -0.39 is 0 Å². The third kappa shape index (κ3) is 4.15. The van der Waals surface area contributed by atoms with Gasteiger partial charge in [-0.1, -0.05) is 6.92 Å². The first kappa shape index (κ1) is 11.1. The minimum atomic E-state index is 0.464. The maximum absolute atomic E-state index is 5.31. The van der Waals surface area contributed by atoms with Crippen molar-refractivity contribution < 1.29 is 4.74 Å². The van der Waals surface area contributed by atoms with Gasteiger partial charge in [0.25, 0.3) is 0 Å². The highest BCUT2D eigenvalue weighted by Gasteiger charge is 2.00. The van der Waals surface area contributed by atoms with Crippen molar-refractivity contribution in [2.75, 3.05) is 6.61 Å². The summed E-state index contributed by atoms with van der Waals surface area (Å²) in [4.78, 5) is 8.31. The molecule has 0 saturated carbocycles. The summed E-state index contributed by atoms with van der Waals surface area (Å²) < 4.78 is 6.85. The van der Waals surface area contributed by atoms with Gasteiger partial charge in [0.05, 0.1) is 0 Å².